The molecule has 0 amide bonds. The zero-order valence-corrected chi connectivity index (χ0v) is 10.3. The smallest absolute Gasteiger partial charge is 0.258 e. The predicted molar refractivity (Wildman–Crippen MR) is 58.6 cm³/mol. The molecule has 0 spiro atoms. The molecular weight excluding hydrogens is 268 g/mol. The number of hydrogen-bond acceptors (Lipinski definition) is 3. The summed E-state index contributed by atoms with van der Waals surface area (Å²) in [6.45, 7) is 0. The first kappa shape index (κ1) is 15.1. The first-order valence-electron chi connectivity index (χ1n) is 4.27. The maximum Gasteiger partial charge on any atom is 2.00 e. The van der Waals surface area contributed by atoms with Gasteiger partial charge in [0.2, 0.25) is 10.0 Å². The summed E-state index contributed by atoms with van der Waals surface area (Å²) in [5.41, 5.74) is 0. The Balaban J connectivity index is 0.000000318. The minimum atomic E-state index is -3.43. The molecule has 0 radical (unpaired) electrons. The molecular formula is C10H12FeN2O2S. The molecule has 2 aromatic carbocycles. The molecule has 0 saturated heterocycles. The van der Waals surface area contributed by atoms with Crippen molar-refractivity contribution in [2.75, 3.05) is 0 Å². The molecule has 0 atom stereocenters. The largest absolute Gasteiger partial charge is 2.00 e. The molecule has 16 heavy (non-hydrogen) atoms. The zero-order chi connectivity index (χ0) is 11.1. The molecule has 0 aliphatic carbocycles. The summed E-state index contributed by atoms with van der Waals surface area (Å²) in [6, 6.07) is 16.2. The van der Waals surface area contributed by atoms with Crippen LogP contribution in [0.2, 0.25) is 0 Å². The summed E-state index contributed by atoms with van der Waals surface area (Å²) in [5, 5.41) is 0. The summed E-state index contributed by atoms with van der Waals surface area (Å²) in [4.78, 5) is 1.91. The quantitative estimate of drug-likeness (QED) is 0.372. The van der Waals surface area contributed by atoms with E-state index in [1.54, 1.807) is 17.0 Å². The van der Waals surface area contributed by atoms with Gasteiger partial charge in [0.15, 0.2) is 0 Å². The molecule has 3 N–H and O–H groups in total. The number of rotatable bonds is 2. The maximum absolute atomic E-state index is 10.8. The topological polar surface area (TPSA) is 72.2 Å². The molecule has 4 nitrogen and oxygen atoms in total. The molecule has 0 aliphatic heterocycles. The van der Waals surface area contributed by atoms with Gasteiger partial charge in [-0.15, -0.1) is 0 Å². The Morgan fingerprint density at radius 1 is 1.06 bits per heavy atom. The minimum absolute atomic E-state index is 0. The Bertz CT molecular complexity index is 432. The fourth-order valence-corrected chi connectivity index (χ4v) is 1.58. The van der Waals surface area contributed by atoms with Crippen LogP contribution in [0.4, 0.5) is 0 Å². The van der Waals surface area contributed by atoms with Crippen LogP contribution in [0.3, 0.4) is 0 Å². The van der Waals surface area contributed by atoms with Gasteiger partial charge in [-0.2, -0.15) is 35.2 Å². The summed E-state index contributed by atoms with van der Waals surface area (Å²) in [5.74, 6) is 4.76. The number of hydrogen-bond donors (Lipinski definition) is 2. The van der Waals surface area contributed by atoms with E-state index in [9.17, 15) is 8.42 Å². The molecule has 88 valence electrons. The van der Waals surface area contributed by atoms with E-state index >= 15 is 0 Å². The third-order valence-electron chi connectivity index (χ3n) is 1.65. The van der Waals surface area contributed by atoms with Crippen LogP contribution >= 0.6 is 0 Å². The first-order valence-corrected chi connectivity index (χ1v) is 5.76. The molecule has 0 bridgehead atoms. The Morgan fingerprint density at radius 3 is 1.88 bits per heavy atom. The summed E-state index contributed by atoms with van der Waals surface area (Å²) >= 11 is 0. The number of nitrogens with one attached hydrogen (secondary N) is 1. The molecule has 0 aromatic heterocycles. The number of sulfonamides is 1. The second kappa shape index (κ2) is 7.38. The fraction of sp³-hybridized carbons (Fsp3) is 0. The third-order valence-corrected chi connectivity index (χ3v) is 2.86. The van der Waals surface area contributed by atoms with Crippen molar-refractivity contribution in [2.45, 2.75) is 4.90 Å². The van der Waals surface area contributed by atoms with E-state index < -0.39 is 10.0 Å². The zero-order valence-electron chi connectivity index (χ0n) is 8.35. The molecule has 0 fully saturated rings. The van der Waals surface area contributed by atoms with Crippen molar-refractivity contribution < 1.29 is 25.5 Å². The van der Waals surface area contributed by atoms with Crippen LogP contribution in [0.1, 0.15) is 0 Å². The number of hydrazine groups is 1. The monoisotopic (exact) mass is 280 g/mol. The van der Waals surface area contributed by atoms with Crippen molar-refractivity contribution in [3.05, 3.63) is 54.6 Å². The van der Waals surface area contributed by atoms with Crippen LogP contribution in [-0.4, -0.2) is 8.42 Å². The second-order valence-electron chi connectivity index (χ2n) is 2.70. The second-order valence-corrected chi connectivity index (χ2v) is 4.42. The molecule has 0 heterocycles. The Morgan fingerprint density at radius 2 is 1.56 bits per heavy atom. The van der Waals surface area contributed by atoms with E-state index in [-0.39, 0.29) is 22.0 Å². The van der Waals surface area contributed by atoms with Crippen LogP contribution in [0.15, 0.2) is 59.5 Å². The van der Waals surface area contributed by atoms with Crippen LogP contribution < -0.4 is 10.7 Å². The van der Waals surface area contributed by atoms with Gasteiger partial charge in [0.25, 0.3) is 0 Å². The van der Waals surface area contributed by atoms with Gasteiger partial charge in [-0.25, -0.2) is 32.7 Å². The minimum Gasteiger partial charge on any atom is -0.258 e. The van der Waals surface area contributed by atoms with Crippen molar-refractivity contribution >= 4 is 10.0 Å². The van der Waals surface area contributed by atoms with Crippen LogP contribution in [0, 0.1) is 0 Å². The molecule has 6 heteroatoms. The van der Waals surface area contributed by atoms with E-state index in [0.717, 1.165) is 0 Å². The van der Waals surface area contributed by atoms with Gasteiger partial charge in [0.05, 0.1) is 0 Å². The Hall–Kier alpha value is -0.911. The van der Waals surface area contributed by atoms with Gasteiger partial charge in [-0.3, -0.25) is 5.84 Å². The van der Waals surface area contributed by atoms with Crippen LogP contribution in [0.5, 0.6) is 0 Å². The van der Waals surface area contributed by atoms with Gasteiger partial charge in [0.1, 0.15) is 0 Å². The molecule has 0 aliphatic rings. The van der Waals surface area contributed by atoms with Crippen molar-refractivity contribution in [1.29, 1.82) is 0 Å². The van der Waals surface area contributed by atoms with Gasteiger partial charge in [0, 0.05) is 0 Å². The normalized spacial score (nSPS) is 9.81. The average molecular weight is 280 g/mol. The van der Waals surface area contributed by atoms with Gasteiger partial charge < -0.3 is 0 Å². The fourth-order valence-electron chi connectivity index (χ4n) is 0.924. The SMILES string of the molecule is NNS(=O)(=O)[c-]1cccc1.[Fe+2].c1cc[cH-]c1. The molecule has 0 saturated carbocycles. The number of nitrogens with two attached hydrogens (primary N) is 1. The average Bonchev–Trinajstić information content (AvgIpc) is 2.93. The third kappa shape index (κ3) is 4.74. The first-order chi connectivity index (χ1) is 7.17. The molecule has 0 unspecified atom stereocenters. The predicted octanol–water partition coefficient (Wildman–Crippen LogP) is 0.960. The summed E-state index contributed by atoms with van der Waals surface area (Å²) in [6.07, 6.45) is 0. The van der Waals surface area contributed by atoms with E-state index in [0.29, 0.717) is 0 Å². The van der Waals surface area contributed by atoms with E-state index in [1.807, 2.05) is 30.3 Å². The summed E-state index contributed by atoms with van der Waals surface area (Å²) < 4.78 is 21.7. The van der Waals surface area contributed by atoms with E-state index in [4.69, 9.17) is 5.84 Å². The maximum atomic E-state index is 10.8. The van der Waals surface area contributed by atoms with Gasteiger partial charge in [-0.1, -0.05) is 0 Å². The summed E-state index contributed by atoms with van der Waals surface area (Å²) in [7, 11) is -3.43. The van der Waals surface area contributed by atoms with Crippen LogP contribution in [-0.2, 0) is 27.1 Å². The van der Waals surface area contributed by atoms with Crippen molar-refractivity contribution in [3.63, 3.8) is 0 Å². The van der Waals surface area contributed by atoms with Crippen molar-refractivity contribution in [3.8, 4) is 0 Å². The Labute approximate surface area is 106 Å². The van der Waals surface area contributed by atoms with E-state index in [1.165, 1.54) is 12.1 Å². The van der Waals surface area contributed by atoms with Crippen molar-refractivity contribution in [2.24, 2.45) is 5.84 Å². The van der Waals surface area contributed by atoms with Crippen LogP contribution in [0.25, 0.3) is 0 Å². The molecule has 2 aromatic rings. The Kier molecular flexibility index (Phi) is 6.96. The van der Waals surface area contributed by atoms with E-state index in [2.05, 4.69) is 0 Å². The molecule has 2 rings (SSSR count). The standard InChI is InChI=1S/C5H7N2O2S.C5H5.Fe/c6-7-10(8,9)5-3-1-2-4-5;1-2-4-5-3-1;/h1-4,7H,6H2;1-5H;/q2*-1;+2. The van der Waals surface area contributed by atoms with Gasteiger partial charge >= 0.3 is 17.1 Å². The van der Waals surface area contributed by atoms with Gasteiger partial charge in [-0.05, 0) is 4.90 Å². The van der Waals surface area contributed by atoms with Crippen molar-refractivity contribution in [1.82, 2.24) is 4.83 Å².